The molecule has 25 heavy (non-hydrogen) atoms. The molecule has 140 valence electrons. The fourth-order valence-electron chi connectivity index (χ4n) is 4.62. The summed E-state index contributed by atoms with van der Waals surface area (Å²) in [4.78, 5) is 16.8. The van der Waals surface area contributed by atoms with Crippen LogP contribution < -0.4 is 0 Å². The molecule has 5 heteroatoms. The third-order valence-electron chi connectivity index (χ3n) is 6.29. The van der Waals surface area contributed by atoms with Crippen LogP contribution in [0.1, 0.15) is 62.2 Å². The number of hydrogen-bond acceptors (Lipinski definition) is 4. The summed E-state index contributed by atoms with van der Waals surface area (Å²) in [6.45, 7) is 5.75. The molecule has 1 saturated carbocycles. The van der Waals surface area contributed by atoms with Gasteiger partial charge in [0.2, 0.25) is 0 Å². The number of aliphatic hydroxyl groups is 1. The highest BCUT2D eigenvalue weighted by molar-refractivity contribution is 7.08. The van der Waals surface area contributed by atoms with Crippen LogP contribution in [0, 0.1) is 5.41 Å². The Kier molecular flexibility index (Phi) is 5.86. The number of hydrogen-bond donors (Lipinski definition) is 1. The quantitative estimate of drug-likeness (QED) is 0.868. The molecule has 1 spiro atoms. The van der Waals surface area contributed by atoms with E-state index in [0.29, 0.717) is 5.41 Å². The standard InChI is InChI=1S/C20H32N2O2S/c1-3-11-21(2)16-20(24)7-5-19(6-8-20)9-12-22(13-10-19)18(23)17-4-14-25-15-17/h4,14-15,24H,3,5-13,16H2,1-2H3. The predicted octanol–water partition coefficient (Wildman–Crippen LogP) is 3.62. The lowest BCUT2D eigenvalue weighted by Crippen LogP contribution is -2.50. The molecule has 2 fully saturated rings. The summed E-state index contributed by atoms with van der Waals surface area (Å²) in [5.74, 6) is 0.185. The molecule has 0 atom stereocenters. The third kappa shape index (κ3) is 4.44. The molecule has 1 N–H and O–H groups in total. The van der Waals surface area contributed by atoms with Gasteiger partial charge in [-0.2, -0.15) is 11.3 Å². The number of carbonyl (C=O) groups is 1. The summed E-state index contributed by atoms with van der Waals surface area (Å²) in [5, 5.41) is 14.9. The van der Waals surface area contributed by atoms with Crippen LogP contribution in [0.5, 0.6) is 0 Å². The van der Waals surface area contributed by atoms with Crippen molar-refractivity contribution in [2.24, 2.45) is 5.41 Å². The van der Waals surface area contributed by atoms with Crippen molar-refractivity contribution in [2.45, 2.75) is 57.5 Å². The molecule has 0 bridgehead atoms. The number of carbonyl (C=O) groups excluding carboxylic acids is 1. The highest BCUT2D eigenvalue weighted by Crippen LogP contribution is 2.47. The van der Waals surface area contributed by atoms with Crippen LogP contribution in [0.25, 0.3) is 0 Å². The van der Waals surface area contributed by atoms with E-state index in [1.807, 2.05) is 21.7 Å². The number of nitrogens with zero attached hydrogens (tertiary/aromatic N) is 2. The maximum Gasteiger partial charge on any atom is 0.254 e. The Morgan fingerprint density at radius 2 is 1.92 bits per heavy atom. The first-order chi connectivity index (χ1) is 12.0. The van der Waals surface area contributed by atoms with Gasteiger partial charge in [-0.1, -0.05) is 6.92 Å². The van der Waals surface area contributed by atoms with Gasteiger partial charge >= 0.3 is 0 Å². The number of piperidine rings is 1. The van der Waals surface area contributed by atoms with Gasteiger partial charge in [0.1, 0.15) is 0 Å². The van der Waals surface area contributed by atoms with Crippen LogP contribution in [0.2, 0.25) is 0 Å². The Bertz CT molecular complexity index is 554. The Labute approximate surface area is 155 Å². The Morgan fingerprint density at radius 3 is 2.48 bits per heavy atom. The second-order valence-electron chi connectivity index (χ2n) is 8.27. The van der Waals surface area contributed by atoms with Crippen molar-refractivity contribution >= 4 is 17.2 Å². The van der Waals surface area contributed by atoms with E-state index in [1.165, 1.54) is 0 Å². The Balaban J connectivity index is 1.51. The maximum absolute atomic E-state index is 12.5. The molecule has 4 nitrogen and oxygen atoms in total. The summed E-state index contributed by atoms with van der Waals surface area (Å²) >= 11 is 1.58. The van der Waals surface area contributed by atoms with Crippen LogP contribution >= 0.6 is 11.3 Å². The smallest absolute Gasteiger partial charge is 0.254 e. The van der Waals surface area contributed by atoms with E-state index >= 15 is 0 Å². The molecule has 0 radical (unpaired) electrons. The van der Waals surface area contributed by atoms with E-state index in [1.54, 1.807) is 11.3 Å². The van der Waals surface area contributed by atoms with Crippen molar-refractivity contribution in [1.29, 1.82) is 0 Å². The van der Waals surface area contributed by atoms with E-state index in [2.05, 4.69) is 18.9 Å². The van der Waals surface area contributed by atoms with Gasteiger partial charge in [0, 0.05) is 25.0 Å². The van der Waals surface area contributed by atoms with Crippen LogP contribution in [0.4, 0.5) is 0 Å². The van der Waals surface area contributed by atoms with Gasteiger partial charge in [-0.25, -0.2) is 0 Å². The first-order valence-corrected chi connectivity index (χ1v) is 10.6. The number of amides is 1. The van der Waals surface area contributed by atoms with E-state index < -0.39 is 5.60 Å². The van der Waals surface area contributed by atoms with Gasteiger partial charge in [-0.3, -0.25) is 4.79 Å². The summed E-state index contributed by atoms with van der Waals surface area (Å²) in [6, 6.07) is 1.92. The zero-order valence-electron chi connectivity index (χ0n) is 15.7. The Hall–Kier alpha value is -0.910. The molecule has 1 aromatic heterocycles. The van der Waals surface area contributed by atoms with Crippen molar-refractivity contribution in [1.82, 2.24) is 9.80 Å². The molecule has 2 heterocycles. The molecule has 3 rings (SSSR count). The first-order valence-electron chi connectivity index (χ1n) is 9.68. The van der Waals surface area contributed by atoms with Gasteiger partial charge in [-0.15, -0.1) is 0 Å². The van der Waals surface area contributed by atoms with Crippen LogP contribution in [0.3, 0.4) is 0 Å². The summed E-state index contributed by atoms with van der Waals surface area (Å²) in [7, 11) is 2.11. The molecule has 1 amide bonds. The zero-order valence-corrected chi connectivity index (χ0v) is 16.5. The number of likely N-dealkylation sites (N-methyl/N-ethyl adjacent to an activating group) is 1. The topological polar surface area (TPSA) is 43.8 Å². The van der Waals surface area contributed by atoms with Crippen molar-refractivity contribution < 1.29 is 9.90 Å². The van der Waals surface area contributed by atoms with Crippen molar-refractivity contribution in [3.8, 4) is 0 Å². The highest BCUT2D eigenvalue weighted by atomic mass is 32.1. The molecule has 2 aliphatic rings. The fraction of sp³-hybridized carbons (Fsp3) is 0.750. The van der Waals surface area contributed by atoms with Crippen LogP contribution in [0.15, 0.2) is 16.8 Å². The van der Waals surface area contributed by atoms with E-state index in [0.717, 1.165) is 76.7 Å². The largest absolute Gasteiger partial charge is 0.389 e. The van der Waals surface area contributed by atoms with Crippen molar-refractivity contribution in [2.75, 3.05) is 33.2 Å². The number of likely N-dealkylation sites (tertiary alicyclic amines) is 1. The average molecular weight is 365 g/mol. The van der Waals surface area contributed by atoms with Crippen molar-refractivity contribution in [3.05, 3.63) is 22.4 Å². The minimum Gasteiger partial charge on any atom is -0.389 e. The fourth-order valence-corrected chi connectivity index (χ4v) is 5.25. The molecule has 1 aliphatic carbocycles. The lowest BCUT2D eigenvalue weighted by molar-refractivity contribution is -0.0643. The average Bonchev–Trinajstić information content (AvgIpc) is 3.13. The van der Waals surface area contributed by atoms with Gasteiger partial charge in [0.05, 0.1) is 11.2 Å². The Morgan fingerprint density at radius 1 is 1.24 bits per heavy atom. The van der Waals surface area contributed by atoms with E-state index in [9.17, 15) is 9.90 Å². The predicted molar refractivity (Wildman–Crippen MR) is 103 cm³/mol. The van der Waals surface area contributed by atoms with Gasteiger partial charge in [0.25, 0.3) is 5.91 Å². The second-order valence-corrected chi connectivity index (χ2v) is 9.05. The first kappa shape index (κ1) is 18.9. The SMILES string of the molecule is CCCN(C)CC1(O)CCC2(CCN(C(=O)c3ccsc3)CC2)CC1. The lowest BCUT2D eigenvalue weighted by atomic mass is 9.64. The second kappa shape index (κ2) is 7.77. The molecule has 1 saturated heterocycles. The zero-order chi connectivity index (χ0) is 17.9. The maximum atomic E-state index is 12.5. The minimum absolute atomic E-state index is 0.185. The van der Waals surface area contributed by atoms with Gasteiger partial charge in [0.15, 0.2) is 0 Å². The summed E-state index contributed by atoms with van der Waals surface area (Å²) < 4.78 is 0. The molecular formula is C20H32N2O2S. The molecule has 0 unspecified atom stereocenters. The minimum atomic E-state index is -0.515. The highest BCUT2D eigenvalue weighted by Gasteiger charge is 2.44. The van der Waals surface area contributed by atoms with Crippen molar-refractivity contribution in [3.63, 3.8) is 0 Å². The number of rotatable bonds is 5. The van der Waals surface area contributed by atoms with Crippen LogP contribution in [-0.2, 0) is 0 Å². The normalized spacial score (nSPS) is 22.5. The van der Waals surface area contributed by atoms with E-state index in [-0.39, 0.29) is 5.91 Å². The van der Waals surface area contributed by atoms with Gasteiger partial charge < -0.3 is 14.9 Å². The number of thiophene rings is 1. The monoisotopic (exact) mass is 364 g/mol. The molecule has 1 aliphatic heterocycles. The molecular weight excluding hydrogens is 332 g/mol. The molecule has 1 aromatic rings. The third-order valence-corrected chi connectivity index (χ3v) is 6.97. The van der Waals surface area contributed by atoms with Gasteiger partial charge in [-0.05, 0) is 75.4 Å². The summed E-state index contributed by atoms with van der Waals surface area (Å²) in [6.07, 6.45) is 7.31. The molecule has 0 aromatic carbocycles. The van der Waals surface area contributed by atoms with Crippen LogP contribution in [-0.4, -0.2) is 59.6 Å². The lowest BCUT2D eigenvalue weighted by Gasteiger charge is -2.49. The summed E-state index contributed by atoms with van der Waals surface area (Å²) in [5.41, 5.74) is 0.665. The van der Waals surface area contributed by atoms with E-state index in [4.69, 9.17) is 0 Å².